The van der Waals surface area contributed by atoms with Crippen LogP contribution in [0.4, 0.5) is 5.69 Å². The van der Waals surface area contributed by atoms with Gasteiger partial charge in [0.25, 0.3) is 0 Å². The van der Waals surface area contributed by atoms with Crippen LogP contribution >= 0.6 is 11.3 Å². The Bertz CT molecular complexity index is 546. The van der Waals surface area contributed by atoms with E-state index in [1.54, 1.807) is 11.3 Å². The number of anilines is 1. The van der Waals surface area contributed by atoms with Gasteiger partial charge < -0.3 is 5.32 Å². The van der Waals surface area contributed by atoms with Crippen LogP contribution < -0.4 is 5.32 Å². The summed E-state index contributed by atoms with van der Waals surface area (Å²) in [5.41, 5.74) is 2.82. The van der Waals surface area contributed by atoms with Gasteiger partial charge >= 0.3 is 0 Å². The minimum atomic E-state index is 0.400. The third kappa shape index (κ3) is 2.66. The van der Waals surface area contributed by atoms with Crippen molar-refractivity contribution in [1.29, 1.82) is 0 Å². The van der Waals surface area contributed by atoms with Crippen molar-refractivity contribution in [3.63, 3.8) is 0 Å². The Morgan fingerprint density at radius 2 is 2.26 bits per heavy atom. The van der Waals surface area contributed by atoms with E-state index in [9.17, 15) is 0 Å². The number of rotatable bonds is 3. The van der Waals surface area contributed by atoms with E-state index in [1.165, 1.54) is 30.5 Å². The van der Waals surface area contributed by atoms with Gasteiger partial charge in [0.1, 0.15) is 5.01 Å². The fourth-order valence-corrected chi connectivity index (χ4v) is 3.54. The van der Waals surface area contributed by atoms with Gasteiger partial charge in [0, 0.05) is 28.9 Å². The second-order valence-corrected chi connectivity index (χ2v) is 6.89. The van der Waals surface area contributed by atoms with Crippen LogP contribution in [0.25, 0.3) is 10.6 Å². The summed E-state index contributed by atoms with van der Waals surface area (Å²) in [7, 11) is 0. The first kappa shape index (κ1) is 12.7. The highest BCUT2D eigenvalue weighted by atomic mass is 32.1. The van der Waals surface area contributed by atoms with Crippen molar-refractivity contribution < 1.29 is 0 Å². The SMILES string of the molecule is CC1(C)CCCC1Nc1cccc(-c2nccs2)c1. The molecule has 3 heteroatoms. The zero-order valence-electron chi connectivity index (χ0n) is 11.5. The molecule has 1 aromatic carbocycles. The molecule has 1 aromatic heterocycles. The van der Waals surface area contributed by atoms with Gasteiger partial charge in [-0.3, -0.25) is 0 Å². The lowest BCUT2D eigenvalue weighted by molar-refractivity contribution is 0.350. The molecule has 100 valence electrons. The van der Waals surface area contributed by atoms with Gasteiger partial charge in [-0.05, 0) is 30.4 Å². The van der Waals surface area contributed by atoms with Crippen molar-refractivity contribution >= 4 is 17.0 Å². The summed E-state index contributed by atoms with van der Waals surface area (Å²) in [6.07, 6.45) is 5.78. The first-order valence-electron chi connectivity index (χ1n) is 6.92. The third-order valence-corrected chi connectivity index (χ3v) is 4.96. The molecule has 1 N–H and O–H groups in total. The highest BCUT2D eigenvalue weighted by Crippen LogP contribution is 2.39. The van der Waals surface area contributed by atoms with Crippen LogP contribution in [-0.2, 0) is 0 Å². The van der Waals surface area contributed by atoms with Crippen molar-refractivity contribution in [3.8, 4) is 10.6 Å². The van der Waals surface area contributed by atoms with Crippen LogP contribution in [0.2, 0.25) is 0 Å². The fourth-order valence-electron chi connectivity index (χ4n) is 2.90. The standard InChI is InChI=1S/C16H20N2S/c1-16(2)8-4-7-14(16)18-13-6-3-5-12(11-13)15-17-9-10-19-15/h3,5-6,9-11,14,18H,4,7-8H2,1-2H3. The van der Waals surface area contributed by atoms with Crippen LogP contribution in [0.5, 0.6) is 0 Å². The zero-order valence-corrected chi connectivity index (χ0v) is 12.3. The van der Waals surface area contributed by atoms with Crippen LogP contribution in [0, 0.1) is 5.41 Å². The molecule has 1 atom stereocenters. The van der Waals surface area contributed by atoms with E-state index in [1.807, 2.05) is 11.6 Å². The topological polar surface area (TPSA) is 24.9 Å². The lowest BCUT2D eigenvalue weighted by atomic mass is 9.87. The number of hydrogen-bond donors (Lipinski definition) is 1. The van der Waals surface area contributed by atoms with Crippen molar-refractivity contribution in [1.82, 2.24) is 4.98 Å². The molecule has 19 heavy (non-hydrogen) atoms. The molecule has 3 rings (SSSR count). The average molecular weight is 272 g/mol. The molecule has 0 aliphatic heterocycles. The molecule has 0 saturated heterocycles. The molecule has 1 unspecified atom stereocenters. The first-order chi connectivity index (χ1) is 9.15. The number of nitrogens with zero attached hydrogens (tertiary/aromatic N) is 1. The smallest absolute Gasteiger partial charge is 0.123 e. The van der Waals surface area contributed by atoms with E-state index in [0.29, 0.717) is 11.5 Å². The van der Waals surface area contributed by atoms with Crippen LogP contribution in [0.3, 0.4) is 0 Å². The largest absolute Gasteiger partial charge is 0.382 e. The molecule has 1 saturated carbocycles. The molecular formula is C16H20N2S. The second kappa shape index (κ2) is 4.97. The Hall–Kier alpha value is -1.35. The summed E-state index contributed by atoms with van der Waals surface area (Å²) in [5.74, 6) is 0. The molecule has 2 nitrogen and oxygen atoms in total. The molecule has 1 aliphatic rings. The van der Waals surface area contributed by atoms with Gasteiger partial charge in [-0.2, -0.15) is 0 Å². The third-order valence-electron chi connectivity index (χ3n) is 4.14. The average Bonchev–Trinajstić information content (AvgIpc) is 3.01. The Labute approximate surface area is 118 Å². The molecule has 0 bridgehead atoms. The van der Waals surface area contributed by atoms with Crippen molar-refractivity contribution in [2.24, 2.45) is 5.41 Å². The van der Waals surface area contributed by atoms with Crippen LogP contribution in [0.1, 0.15) is 33.1 Å². The minimum absolute atomic E-state index is 0.400. The molecule has 1 aliphatic carbocycles. The lowest BCUT2D eigenvalue weighted by Crippen LogP contribution is -2.30. The van der Waals surface area contributed by atoms with Crippen molar-refractivity contribution in [2.45, 2.75) is 39.2 Å². The minimum Gasteiger partial charge on any atom is -0.382 e. The molecule has 0 spiro atoms. The molecule has 1 heterocycles. The van der Waals surface area contributed by atoms with E-state index in [2.05, 4.69) is 48.4 Å². The predicted octanol–water partition coefficient (Wildman–Crippen LogP) is 4.80. The van der Waals surface area contributed by atoms with Crippen LogP contribution in [-0.4, -0.2) is 11.0 Å². The summed E-state index contributed by atoms with van der Waals surface area (Å²) in [4.78, 5) is 4.38. The van der Waals surface area contributed by atoms with Gasteiger partial charge in [-0.25, -0.2) is 4.98 Å². The highest BCUT2D eigenvalue weighted by molar-refractivity contribution is 7.13. The number of thiazole rings is 1. The van der Waals surface area contributed by atoms with E-state index >= 15 is 0 Å². The Kier molecular flexibility index (Phi) is 3.31. The van der Waals surface area contributed by atoms with Gasteiger partial charge in [0.2, 0.25) is 0 Å². The second-order valence-electron chi connectivity index (χ2n) is 6.00. The monoisotopic (exact) mass is 272 g/mol. The predicted molar refractivity (Wildman–Crippen MR) is 82.6 cm³/mol. The summed E-state index contributed by atoms with van der Waals surface area (Å²) >= 11 is 1.69. The van der Waals surface area contributed by atoms with E-state index in [-0.39, 0.29) is 0 Å². The Morgan fingerprint density at radius 3 is 2.95 bits per heavy atom. The number of nitrogens with one attached hydrogen (secondary N) is 1. The van der Waals surface area contributed by atoms with Crippen molar-refractivity contribution in [3.05, 3.63) is 35.8 Å². The van der Waals surface area contributed by atoms with E-state index in [4.69, 9.17) is 0 Å². The first-order valence-corrected chi connectivity index (χ1v) is 7.80. The maximum absolute atomic E-state index is 4.38. The van der Waals surface area contributed by atoms with Gasteiger partial charge in [-0.1, -0.05) is 32.4 Å². The van der Waals surface area contributed by atoms with E-state index in [0.717, 1.165) is 5.01 Å². The fraction of sp³-hybridized carbons (Fsp3) is 0.438. The van der Waals surface area contributed by atoms with E-state index < -0.39 is 0 Å². The normalized spacial score (nSPS) is 21.5. The summed E-state index contributed by atoms with van der Waals surface area (Å²) in [6.45, 7) is 4.73. The molecule has 1 fully saturated rings. The Morgan fingerprint density at radius 1 is 1.37 bits per heavy atom. The number of aromatic nitrogens is 1. The zero-order chi connectivity index (χ0) is 13.3. The molecule has 0 radical (unpaired) electrons. The maximum Gasteiger partial charge on any atom is 0.123 e. The van der Waals surface area contributed by atoms with Gasteiger partial charge in [-0.15, -0.1) is 11.3 Å². The molecule has 2 aromatic rings. The van der Waals surface area contributed by atoms with Crippen molar-refractivity contribution in [2.75, 3.05) is 5.32 Å². The quantitative estimate of drug-likeness (QED) is 0.868. The van der Waals surface area contributed by atoms with Crippen LogP contribution in [0.15, 0.2) is 35.8 Å². The Balaban J connectivity index is 1.81. The highest BCUT2D eigenvalue weighted by Gasteiger charge is 2.34. The van der Waals surface area contributed by atoms with Gasteiger partial charge in [0.15, 0.2) is 0 Å². The summed E-state index contributed by atoms with van der Waals surface area (Å²) < 4.78 is 0. The molecular weight excluding hydrogens is 252 g/mol. The summed E-state index contributed by atoms with van der Waals surface area (Å²) in [5, 5.41) is 6.83. The maximum atomic E-state index is 4.38. The lowest BCUT2D eigenvalue weighted by Gasteiger charge is -2.28. The number of hydrogen-bond acceptors (Lipinski definition) is 3. The molecule has 0 amide bonds. The number of benzene rings is 1. The van der Waals surface area contributed by atoms with Gasteiger partial charge in [0.05, 0.1) is 0 Å². The summed E-state index contributed by atoms with van der Waals surface area (Å²) in [6, 6.07) is 9.20.